The van der Waals surface area contributed by atoms with E-state index in [-0.39, 0.29) is 6.04 Å². The lowest BCUT2D eigenvalue weighted by Crippen LogP contribution is -2.42. The van der Waals surface area contributed by atoms with E-state index >= 15 is 0 Å². The maximum atomic E-state index is 5.58. The number of benzene rings is 1. The Bertz CT molecular complexity index is 552. The summed E-state index contributed by atoms with van der Waals surface area (Å²) in [6, 6.07) is 8.35. The van der Waals surface area contributed by atoms with E-state index in [9.17, 15) is 0 Å². The Morgan fingerprint density at radius 1 is 1.11 bits per heavy atom. The van der Waals surface area contributed by atoms with Crippen LogP contribution in [0, 0.1) is 0 Å². The molecule has 2 N–H and O–H groups in total. The van der Waals surface area contributed by atoms with E-state index in [4.69, 9.17) is 14.2 Å². The van der Waals surface area contributed by atoms with Crippen LogP contribution >= 0.6 is 0 Å². The molecule has 1 unspecified atom stereocenters. The van der Waals surface area contributed by atoms with Crippen LogP contribution in [-0.4, -0.2) is 78.6 Å². The largest absolute Gasteiger partial charge is 0.497 e. The predicted octanol–water partition coefficient (Wildman–Crippen LogP) is 2.30. The zero-order chi connectivity index (χ0) is 20.6. The fourth-order valence-electron chi connectivity index (χ4n) is 2.67. The summed E-state index contributed by atoms with van der Waals surface area (Å²) in [5, 5.41) is 6.67. The van der Waals surface area contributed by atoms with Crippen molar-refractivity contribution in [2.45, 2.75) is 25.8 Å². The number of ether oxygens (including phenoxy) is 3. The Kier molecular flexibility index (Phi) is 13.1. The molecule has 1 rings (SSSR count). The molecule has 0 aromatic heterocycles. The number of methoxy groups -OCH3 is 1. The van der Waals surface area contributed by atoms with Gasteiger partial charge in [-0.05, 0) is 38.2 Å². The molecule has 0 spiro atoms. The van der Waals surface area contributed by atoms with Crippen LogP contribution in [0.2, 0.25) is 0 Å². The highest BCUT2D eigenvalue weighted by atomic mass is 16.5. The Morgan fingerprint density at radius 2 is 1.86 bits per heavy atom. The van der Waals surface area contributed by atoms with Crippen LogP contribution < -0.4 is 15.4 Å². The van der Waals surface area contributed by atoms with Crippen LogP contribution in [-0.2, 0) is 9.47 Å². The molecule has 0 aliphatic heterocycles. The van der Waals surface area contributed by atoms with E-state index in [1.807, 2.05) is 12.1 Å². The third-order valence-electron chi connectivity index (χ3n) is 4.34. The van der Waals surface area contributed by atoms with Crippen molar-refractivity contribution in [1.29, 1.82) is 0 Å². The lowest BCUT2D eigenvalue weighted by Gasteiger charge is -2.26. The summed E-state index contributed by atoms with van der Waals surface area (Å²) < 4.78 is 16.4. The van der Waals surface area contributed by atoms with Crippen molar-refractivity contribution < 1.29 is 14.2 Å². The van der Waals surface area contributed by atoms with Crippen molar-refractivity contribution in [1.82, 2.24) is 15.5 Å². The lowest BCUT2D eigenvalue weighted by atomic mass is 10.1. The van der Waals surface area contributed by atoms with Gasteiger partial charge in [0.25, 0.3) is 0 Å². The monoisotopic (exact) mass is 394 g/mol. The van der Waals surface area contributed by atoms with Gasteiger partial charge in [-0.15, -0.1) is 0 Å². The Morgan fingerprint density at radius 3 is 2.50 bits per heavy atom. The summed E-state index contributed by atoms with van der Waals surface area (Å²) in [4.78, 5) is 6.46. The zero-order valence-electron chi connectivity index (χ0n) is 18.2. The van der Waals surface area contributed by atoms with Crippen molar-refractivity contribution in [2.75, 3.05) is 67.8 Å². The van der Waals surface area contributed by atoms with Gasteiger partial charge >= 0.3 is 0 Å². The average Bonchev–Trinajstić information content (AvgIpc) is 2.71. The van der Waals surface area contributed by atoms with Gasteiger partial charge in [0.15, 0.2) is 5.96 Å². The average molecular weight is 395 g/mol. The van der Waals surface area contributed by atoms with E-state index < -0.39 is 0 Å². The van der Waals surface area contributed by atoms with Gasteiger partial charge in [0.05, 0.1) is 33.0 Å². The first-order valence-corrected chi connectivity index (χ1v) is 10.0. The normalized spacial score (nSPS) is 12.9. The smallest absolute Gasteiger partial charge is 0.191 e. The van der Waals surface area contributed by atoms with E-state index in [2.05, 4.69) is 53.7 Å². The number of nitrogens with one attached hydrogen (secondary N) is 2. The van der Waals surface area contributed by atoms with Crippen LogP contribution in [0.5, 0.6) is 5.75 Å². The molecule has 1 aromatic carbocycles. The van der Waals surface area contributed by atoms with Gasteiger partial charge in [-0.1, -0.05) is 25.5 Å². The molecule has 1 aromatic rings. The van der Waals surface area contributed by atoms with Crippen molar-refractivity contribution in [3.05, 3.63) is 29.8 Å². The maximum absolute atomic E-state index is 5.58. The molecule has 0 amide bonds. The van der Waals surface area contributed by atoms with E-state index in [1.54, 1.807) is 14.2 Å². The predicted molar refractivity (Wildman–Crippen MR) is 115 cm³/mol. The number of nitrogens with zero attached hydrogens (tertiary/aromatic N) is 2. The highest BCUT2D eigenvalue weighted by molar-refractivity contribution is 5.79. The van der Waals surface area contributed by atoms with Crippen molar-refractivity contribution in [2.24, 2.45) is 4.99 Å². The van der Waals surface area contributed by atoms with E-state index in [0.717, 1.165) is 37.7 Å². The molecule has 0 saturated heterocycles. The van der Waals surface area contributed by atoms with Crippen molar-refractivity contribution >= 4 is 5.96 Å². The fourth-order valence-corrected chi connectivity index (χ4v) is 2.67. The molecule has 7 nitrogen and oxygen atoms in total. The highest BCUT2D eigenvalue weighted by Gasteiger charge is 2.15. The van der Waals surface area contributed by atoms with Crippen LogP contribution in [0.4, 0.5) is 0 Å². The molecule has 0 radical (unpaired) electrons. The molecule has 160 valence electrons. The standard InChI is InChI=1S/C21H38N4O3/c1-6-7-12-27-14-15-28-13-11-23-21(22-2)24-17-20(25(3)4)18-9-8-10-19(16-18)26-5/h8-10,16,20H,6-7,11-15,17H2,1-5H3,(H2,22,23,24). The number of unbranched alkanes of at least 4 members (excludes halogenated alkanes) is 1. The number of likely N-dealkylation sites (N-methyl/N-ethyl adjacent to an activating group) is 1. The summed E-state index contributed by atoms with van der Waals surface area (Å²) in [5.74, 6) is 1.63. The van der Waals surface area contributed by atoms with Crippen LogP contribution in [0.15, 0.2) is 29.3 Å². The quantitative estimate of drug-likeness (QED) is 0.287. The van der Waals surface area contributed by atoms with Gasteiger partial charge in [-0.2, -0.15) is 0 Å². The van der Waals surface area contributed by atoms with Gasteiger partial charge in [-0.25, -0.2) is 0 Å². The lowest BCUT2D eigenvalue weighted by molar-refractivity contribution is 0.0487. The number of hydrogen-bond donors (Lipinski definition) is 2. The highest BCUT2D eigenvalue weighted by Crippen LogP contribution is 2.21. The summed E-state index contributed by atoms with van der Waals surface area (Å²) in [7, 11) is 7.60. The van der Waals surface area contributed by atoms with Gasteiger partial charge in [-0.3, -0.25) is 4.99 Å². The maximum Gasteiger partial charge on any atom is 0.191 e. The summed E-state index contributed by atoms with van der Waals surface area (Å²) >= 11 is 0. The molecule has 0 saturated carbocycles. The Balaban J connectivity index is 2.33. The summed E-state index contributed by atoms with van der Waals surface area (Å²) in [6.45, 7) is 6.28. The number of aliphatic imine (C=N–C) groups is 1. The van der Waals surface area contributed by atoms with Gasteiger partial charge in [0.1, 0.15) is 5.75 Å². The molecule has 0 aliphatic carbocycles. The second kappa shape index (κ2) is 15.1. The fraction of sp³-hybridized carbons (Fsp3) is 0.667. The van der Waals surface area contributed by atoms with Crippen LogP contribution in [0.1, 0.15) is 31.4 Å². The minimum Gasteiger partial charge on any atom is -0.497 e. The summed E-state index contributed by atoms with van der Waals surface area (Å²) in [5.41, 5.74) is 1.19. The second-order valence-electron chi connectivity index (χ2n) is 6.71. The molecular formula is C21H38N4O3. The molecular weight excluding hydrogens is 356 g/mol. The number of guanidine groups is 1. The number of rotatable bonds is 14. The van der Waals surface area contributed by atoms with Crippen LogP contribution in [0.3, 0.4) is 0 Å². The minimum atomic E-state index is 0.199. The first-order valence-electron chi connectivity index (χ1n) is 10.0. The molecule has 28 heavy (non-hydrogen) atoms. The first-order chi connectivity index (χ1) is 13.6. The summed E-state index contributed by atoms with van der Waals surface area (Å²) in [6.07, 6.45) is 2.26. The van der Waals surface area contributed by atoms with Gasteiger partial charge in [0, 0.05) is 26.7 Å². The Labute approximate surface area is 170 Å². The third-order valence-corrected chi connectivity index (χ3v) is 4.34. The SMILES string of the molecule is CCCCOCCOCCNC(=NC)NCC(c1cccc(OC)c1)N(C)C. The third kappa shape index (κ3) is 9.92. The van der Waals surface area contributed by atoms with Crippen LogP contribution in [0.25, 0.3) is 0 Å². The zero-order valence-corrected chi connectivity index (χ0v) is 18.2. The second-order valence-corrected chi connectivity index (χ2v) is 6.71. The molecule has 0 heterocycles. The molecule has 0 fully saturated rings. The molecule has 7 heteroatoms. The van der Waals surface area contributed by atoms with E-state index in [1.165, 1.54) is 5.56 Å². The molecule has 0 aliphatic rings. The number of hydrogen-bond acceptors (Lipinski definition) is 5. The Hall–Kier alpha value is -1.83. The molecule has 1 atom stereocenters. The van der Waals surface area contributed by atoms with Gasteiger partial charge in [0.2, 0.25) is 0 Å². The topological polar surface area (TPSA) is 67.3 Å². The van der Waals surface area contributed by atoms with Crippen molar-refractivity contribution in [3.8, 4) is 5.75 Å². The van der Waals surface area contributed by atoms with Crippen molar-refractivity contribution in [3.63, 3.8) is 0 Å². The van der Waals surface area contributed by atoms with Gasteiger partial charge < -0.3 is 29.7 Å². The molecule has 0 bridgehead atoms. The van der Waals surface area contributed by atoms with E-state index in [0.29, 0.717) is 26.4 Å². The minimum absolute atomic E-state index is 0.199. The first kappa shape index (κ1) is 24.2.